The molecule has 0 bridgehead atoms. The maximum atomic E-state index is 12.1. The number of aromatic nitrogens is 2. The van der Waals surface area contributed by atoms with Gasteiger partial charge < -0.3 is 0 Å². The normalized spacial score (nSPS) is 13.9. The van der Waals surface area contributed by atoms with Gasteiger partial charge in [0.05, 0.1) is 34.9 Å². The highest BCUT2D eigenvalue weighted by atomic mass is 35.5. The van der Waals surface area contributed by atoms with E-state index in [9.17, 15) is 9.59 Å². The average Bonchev–Trinajstić information content (AvgIpc) is 2.72. The molecule has 0 saturated carbocycles. The molecule has 2 aromatic heterocycles. The Bertz CT molecular complexity index is 851. The lowest BCUT2D eigenvalue weighted by Gasteiger charge is -2.10. The first-order valence-corrected chi connectivity index (χ1v) is 5.70. The average molecular weight is 273 g/mol. The molecule has 1 aromatic carbocycles. The third kappa shape index (κ3) is 1.37. The summed E-state index contributed by atoms with van der Waals surface area (Å²) in [6, 6.07) is 7.65. The van der Waals surface area contributed by atoms with Crippen molar-refractivity contribution in [2.24, 2.45) is 0 Å². The van der Waals surface area contributed by atoms with Crippen LogP contribution in [0.5, 0.6) is 0 Å². The molecule has 4 rings (SSSR count). The predicted octanol–water partition coefficient (Wildman–Crippen LogP) is 2.68. The van der Waals surface area contributed by atoms with E-state index in [1.54, 1.807) is 12.5 Å². The smallest absolute Gasteiger partial charge is 0.174 e. The summed E-state index contributed by atoms with van der Waals surface area (Å²) in [5.74, 6) is -0.245. The van der Waals surface area contributed by atoms with Crippen LogP contribution in [0.4, 0.5) is 0 Å². The highest BCUT2D eigenvalue weighted by Crippen LogP contribution is 2.33. The zero-order valence-corrected chi connectivity index (χ0v) is 10.6. The van der Waals surface area contributed by atoms with Gasteiger partial charge in [0, 0.05) is 11.6 Å². The Labute approximate surface area is 114 Å². The maximum Gasteiger partial charge on any atom is 0.174 e. The van der Waals surface area contributed by atoms with Gasteiger partial charge in [-0.15, -0.1) is 12.4 Å². The van der Waals surface area contributed by atoms with Crippen LogP contribution in [0.15, 0.2) is 36.8 Å². The van der Waals surface area contributed by atoms with Crippen LogP contribution >= 0.6 is 12.4 Å². The molecular formula is C14H9ClN2O2. The topological polar surface area (TPSA) is 51.4 Å². The van der Waals surface area contributed by atoms with Crippen molar-refractivity contribution < 1.29 is 9.59 Å². The van der Waals surface area contributed by atoms with Crippen LogP contribution in [0.1, 0.15) is 27.1 Å². The minimum Gasteiger partial charge on any atom is -0.299 e. The molecule has 0 aliphatic heterocycles. The highest BCUT2D eigenvalue weighted by Gasteiger charge is 2.29. The largest absolute Gasteiger partial charge is 0.299 e. The van der Waals surface area contributed by atoms with Gasteiger partial charge in [0.2, 0.25) is 0 Å². The molecule has 94 valence electrons. The Kier molecular flexibility index (Phi) is 2.43. The third-order valence-corrected chi connectivity index (χ3v) is 3.45. The number of hydrogen-bond acceptors (Lipinski definition) is 3. The van der Waals surface area contributed by atoms with Gasteiger partial charge in [-0.25, -0.2) is 4.98 Å². The molecule has 0 atom stereocenters. The first-order chi connectivity index (χ1) is 8.77. The molecule has 5 heteroatoms. The van der Waals surface area contributed by atoms with E-state index >= 15 is 0 Å². The molecule has 1 aliphatic carbocycles. The van der Waals surface area contributed by atoms with E-state index in [0.717, 1.165) is 10.9 Å². The summed E-state index contributed by atoms with van der Waals surface area (Å²) < 4.78 is 1.83. The van der Waals surface area contributed by atoms with Crippen molar-refractivity contribution in [3.05, 3.63) is 47.9 Å². The summed E-state index contributed by atoms with van der Waals surface area (Å²) in [7, 11) is 0. The second kappa shape index (κ2) is 3.90. The van der Waals surface area contributed by atoms with Gasteiger partial charge in [0.25, 0.3) is 0 Å². The standard InChI is InChI=1S/C14H8N2O2.ClH/c17-11-5-12(18)13-8-3-1-2-4-10(8)16-7-15-6-9(11)14(13)16;/h1-4,6-7H,5H2;1H. The van der Waals surface area contributed by atoms with E-state index in [2.05, 4.69) is 4.98 Å². The van der Waals surface area contributed by atoms with E-state index in [0.29, 0.717) is 16.6 Å². The number of carbonyl (C=O) groups is 2. The van der Waals surface area contributed by atoms with Gasteiger partial charge in [-0.05, 0) is 6.07 Å². The van der Waals surface area contributed by atoms with Crippen LogP contribution < -0.4 is 0 Å². The van der Waals surface area contributed by atoms with Gasteiger partial charge >= 0.3 is 0 Å². The monoisotopic (exact) mass is 272 g/mol. The number of ketones is 2. The number of Topliss-reactive ketones (excluding diaryl/α,β-unsaturated/α-hetero) is 2. The van der Waals surface area contributed by atoms with Crippen LogP contribution in [0.2, 0.25) is 0 Å². The van der Waals surface area contributed by atoms with Crippen molar-refractivity contribution in [3.63, 3.8) is 0 Å². The van der Waals surface area contributed by atoms with Crippen LogP contribution in [0.3, 0.4) is 0 Å². The van der Waals surface area contributed by atoms with Crippen LogP contribution in [0.25, 0.3) is 16.4 Å². The summed E-state index contributed by atoms with van der Waals surface area (Å²) in [4.78, 5) is 28.1. The number of carbonyl (C=O) groups excluding carboxylic acids is 2. The van der Waals surface area contributed by atoms with Crippen molar-refractivity contribution >= 4 is 40.4 Å². The lowest BCUT2D eigenvalue weighted by Crippen LogP contribution is -2.16. The van der Waals surface area contributed by atoms with Crippen molar-refractivity contribution in [1.29, 1.82) is 0 Å². The molecule has 19 heavy (non-hydrogen) atoms. The number of para-hydroxylation sites is 1. The first-order valence-electron chi connectivity index (χ1n) is 5.70. The zero-order valence-electron chi connectivity index (χ0n) is 9.79. The van der Waals surface area contributed by atoms with Crippen molar-refractivity contribution in [2.75, 3.05) is 0 Å². The Morgan fingerprint density at radius 3 is 2.74 bits per heavy atom. The second-order valence-electron chi connectivity index (χ2n) is 4.44. The summed E-state index contributed by atoms with van der Waals surface area (Å²) in [6.07, 6.45) is 3.14. The lowest BCUT2D eigenvalue weighted by atomic mass is 9.93. The molecule has 0 amide bonds. The summed E-state index contributed by atoms with van der Waals surface area (Å²) in [5.41, 5.74) is 2.82. The number of hydrogen-bond donors (Lipinski definition) is 0. The molecule has 1 aliphatic rings. The molecule has 2 heterocycles. The molecule has 0 N–H and O–H groups in total. The van der Waals surface area contributed by atoms with E-state index in [-0.39, 0.29) is 30.4 Å². The van der Waals surface area contributed by atoms with E-state index in [1.807, 2.05) is 28.7 Å². The second-order valence-corrected chi connectivity index (χ2v) is 4.44. The lowest BCUT2D eigenvalue weighted by molar-refractivity contribution is 0.0890. The number of benzene rings is 1. The van der Waals surface area contributed by atoms with E-state index in [1.165, 1.54) is 0 Å². The molecule has 0 spiro atoms. The van der Waals surface area contributed by atoms with Gasteiger partial charge in [0.15, 0.2) is 11.6 Å². The number of rotatable bonds is 0. The van der Waals surface area contributed by atoms with Gasteiger partial charge in [-0.2, -0.15) is 0 Å². The molecule has 0 radical (unpaired) electrons. The molecule has 0 unspecified atom stereocenters. The maximum absolute atomic E-state index is 12.1. The Morgan fingerprint density at radius 2 is 1.89 bits per heavy atom. The molecule has 4 nitrogen and oxygen atoms in total. The fourth-order valence-electron chi connectivity index (χ4n) is 2.70. The fraction of sp³-hybridized carbons (Fsp3) is 0.0714. The number of halogens is 1. The summed E-state index contributed by atoms with van der Waals surface area (Å²) >= 11 is 0. The van der Waals surface area contributed by atoms with Gasteiger partial charge in [-0.3, -0.25) is 14.0 Å². The zero-order chi connectivity index (χ0) is 12.3. The molecular weight excluding hydrogens is 264 g/mol. The Balaban J connectivity index is 0.00000110. The van der Waals surface area contributed by atoms with Crippen molar-refractivity contribution in [1.82, 2.24) is 9.38 Å². The number of nitrogens with zero attached hydrogens (tertiary/aromatic N) is 2. The van der Waals surface area contributed by atoms with Crippen molar-refractivity contribution in [2.45, 2.75) is 6.42 Å². The van der Waals surface area contributed by atoms with Crippen LogP contribution in [-0.4, -0.2) is 21.0 Å². The van der Waals surface area contributed by atoms with E-state index in [4.69, 9.17) is 0 Å². The van der Waals surface area contributed by atoms with E-state index < -0.39 is 0 Å². The van der Waals surface area contributed by atoms with Crippen LogP contribution in [0, 0.1) is 0 Å². The SMILES string of the molecule is Cl.O=C1CC(=O)c2c3ccccc3n3cncc1c23. The molecule has 3 aromatic rings. The Hall–Kier alpha value is -2.20. The fourth-order valence-corrected chi connectivity index (χ4v) is 2.70. The van der Waals surface area contributed by atoms with Gasteiger partial charge in [0.1, 0.15) is 0 Å². The highest BCUT2D eigenvalue weighted by molar-refractivity contribution is 6.28. The minimum atomic E-state index is -0.145. The summed E-state index contributed by atoms with van der Waals surface area (Å²) in [6.45, 7) is 0. The van der Waals surface area contributed by atoms with Crippen molar-refractivity contribution in [3.8, 4) is 0 Å². The number of fused-ring (bicyclic) bond motifs is 3. The minimum absolute atomic E-state index is 0. The quantitative estimate of drug-likeness (QED) is 0.591. The van der Waals surface area contributed by atoms with Gasteiger partial charge in [-0.1, -0.05) is 18.2 Å². The first kappa shape index (κ1) is 11.9. The summed E-state index contributed by atoms with van der Waals surface area (Å²) in [5, 5.41) is 0.893. The molecule has 0 saturated heterocycles. The van der Waals surface area contributed by atoms with Crippen LogP contribution in [-0.2, 0) is 0 Å². The third-order valence-electron chi connectivity index (χ3n) is 3.45. The Morgan fingerprint density at radius 1 is 1.11 bits per heavy atom. The molecule has 0 fully saturated rings. The predicted molar refractivity (Wildman–Crippen MR) is 73.2 cm³/mol.